The monoisotopic (exact) mass is 202 g/mol. The van der Waals surface area contributed by atoms with Crippen LogP contribution in [0.25, 0.3) is 0 Å². The molecular weight excluding hydrogens is 184 g/mol. The fourth-order valence-electron chi connectivity index (χ4n) is 1.88. The quantitative estimate of drug-likeness (QED) is 0.653. The molecule has 1 fully saturated rings. The van der Waals surface area contributed by atoms with Crippen molar-refractivity contribution >= 4 is 5.97 Å². The van der Waals surface area contributed by atoms with Crippen LogP contribution in [0.3, 0.4) is 0 Å². The zero-order valence-corrected chi connectivity index (χ0v) is 8.32. The molecule has 0 aromatic carbocycles. The first-order valence-corrected chi connectivity index (χ1v) is 5.21. The Kier molecular flexibility index (Phi) is 4.90. The van der Waals surface area contributed by atoms with Crippen molar-refractivity contribution in [3.8, 4) is 0 Å². The first-order chi connectivity index (χ1) is 6.75. The van der Waals surface area contributed by atoms with Crippen LogP contribution in [0.2, 0.25) is 0 Å². The van der Waals surface area contributed by atoms with Gasteiger partial charge in [0.1, 0.15) is 0 Å². The minimum atomic E-state index is -0.751. The van der Waals surface area contributed by atoms with Gasteiger partial charge >= 0.3 is 5.97 Å². The lowest BCUT2D eigenvalue weighted by Gasteiger charge is -2.28. The van der Waals surface area contributed by atoms with Crippen LogP contribution in [-0.4, -0.2) is 35.5 Å². The third-order valence-electron chi connectivity index (χ3n) is 2.65. The standard InChI is InChI=1S/C10H18O4/c11-6-3-7-14-9-5-2-1-4-8(9)10(12)13/h8-9,11H,1-7H2,(H,12,13). The molecule has 0 saturated heterocycles. The molecule has 0 heterocycles. The Bertz CT molecular complexity index is 181. The molecule has 82 valence electrons. The molecule has 4 nitrogen and oxygen atoms in total. The highest BCUT2D eigenvalue weighted by molar-refractivity contribution is 5.70. The predicted molar refractivity (Wildman–Crippen MR) is 51.0 cm³/mol. The average Bonchev–Trinajstić information content (AvgIpc) is 2.19. The van der Waals surface area contributed by atoms with Gasteiger partial charge in [-0.15, -0.1) is 0 Å². The first kappa shape index (κ1) is 11.5. The van der Waals surface area contributed by atoms with E-state index in [1.54, 1.807) is 0 Å². The normalized spacial score (nSPS) is 27.5. The minimum absolute atomic E-state index is 0.102. The van der Waals surface area contributed by atoms with Gasteiger partial charge in [-0.2, -0.15) is 0 Å². The van der Waals surface area contributed by atoms with Gasteiger partial charge in [-0.25, -0.2) is 0 Å². The van der Waals surface area contributed by atoms with E-state index < -0.39 is 5.97 Å². The van der Waals surface area contributed by atoms with Gasteiger partial charge in [0.25, 0.3) is 0 Å². The van der Waals surface area contributed by atoms with E-state index in [0.29, 0.717) is 13.0 Å². The van der Waals surface area contributed by atoms with Gasteiger partial charge in [-0.1, -0.05) is 12.8 Å². The smallest absolute Gasteiger partial charge is 0.309 e. The van der Waals surface area contributed by atoms with E-state index in [9.17, 15) is 4.79 Å². The van der Waals surface area contributed by atoms with Crippen molar-refractivity contribution in [2.45, 2.75) is 38.2 Å². The lowest BCUT2D eigenvalue weighted by Crippen LogP contribution is -2.33. The predicted octanol–water partition coefficient (Wildman–Crippen LogP) is 1.03. The van der Waals surface area contributed by atoms with Crippen molar-refractivity contribution in [2.24, 2.45) is 5.92 Å². The molecule has 2 atom stereocenters. The molecule has 0 bridgehead atoms. The molecule has 14 heavy (non-hydrogen) atoms. The average molecular weight is 202 g/mol. The number of aliphatic hydroxyl groups excluding tert-OH is 1. The summed E-state index contributed by atoms with van der Waals surface area (Å²) in [5.74, 6) is -1.10. The lowest BCUT2D eigenvalue weighted by atomic mass is 9.86. The van der Waals surface area contributed by atoms with Gasteiger partial charge in [0, 0.05) is 13.2 Å². The van der Waals surface area contributed by atoms with Gasteiger partial charge in [-0.3, -0.25) is 4.79 Å². The fourth-order valence-corrected chi connectivity index (χ4v) is 1.88. The number of ether oxygens (including phenoxy) is 1. The number of hydrogen-bond donors (Lipinski definition) is 2. The summed E-state index contributed by atoms with van der Waals surface area (Å²) in [4.78, 5) is 10.9. The number of carboxylic acids is 1. The Morgan fingerprint density at radius 1 is 1.36 bits per heavy atom. The maximum Gasteiger partial charge on any atom is 0.309 e. The molecule has 1 aliphatic rings. The molecule has 1 rings (SSSR count). The Morgan fingerprint density at radius 2 is 2.07 bits per heavy atom. The van der Waals surface area contributed by atoms with Crippen LogP contribution >= 0.6 is 0 Å². The van der Waals surface area contributed by atoms with E-state index in [2.05, 4.69) is 0 Å². The summed E-state index contributed by atoms with van der Waals surface area (Å²) in [7, 11) is 0. The summed E-state index contributed by atoms with van der Waals surface area (Å²) in [6.07, 6.45) is 4.03. The molecule has 2 unspecified atom stereocenters. The molecule has 0 radical (unpaired) electrons. The molecule has 0 aliphatic heterocycles. The molecule has 2 N–H and O–H groups in total. The van der Waals surface area contributed by atoms with Crippen LogP contribution < -0.4 is 0 Å². The third-order valence-corrected chi connectivity index (χ3v) is 2.65. The van der Waals surface area contributed by atoms with Crippen LogP contribution in [0.4, 0.5) is 0 Å². The third kappa shape index (κ3) is 3.27. The van der Waals surface area contributed by atoms with Crippen LogP contribution in [0.15, 0.2) is 0 Å². The molecule has 0 aromatic heterocycles. The minimum Gasteiger partial charge on any atom is -0.481 e. The fraction of sp³-hybridized carbons (Fsp3) is 0.900. The van der Waals surface area contributed by atoms with Crippen LogP contribution in [-0.2, 0) is 9.53 Å². The number of carboxylic acid groups (broad SMARTS) is 1. The maximum absolute atomic E-state index is 10.9. The van der Waals surface area contributed by atoms with Crippen LogP contribution in [0.5, 0.6) is 0 Å². The molecule has 4 heteroatoms. The second-order valence-corrected chi connectivity index (χ2v) is 3.72. The summed E-state index contributed by atoms with van der Waals surface area (Å²) in [5.41, 5.74) is 0. The van der Waals surface area contributed by atoms with Crippen molar-refractivity contribution in [2.75, 3.05) is 13.2 Å². The van der Waals surface area contributed by atoms with E-state index in [0.717, 1.165) is 25.7 Å². The molecular formula is C10H18O4. The van der Waals surface area contributed by atoms with Crippen molar-refractivity contribution in [3.05, 3.63) is 0 Å². The highest BCUT2D eigenvalue weighted by atomic mass is 16.5. The van der Waals surface area contributed by atoms with Crippen molar-refractivity contribution < 1.29 is 19.7 Å². The van der Waals surface area contributed by atoms with Gasteiger partial charge in [0.05, 0.1) is 12.0 Å². The van der Waals surface area contributed by atoms with Gasteiger partial charge in [0.15, 0.2) is 0 Å². The van der Waals surface area contributed by atoms with E-state index in [1.165, 1.54) is 0 Å². The van der Waals surface area contributed by atoms with E-state index in [4.69, 9.17) is 14.9 Å². The van der Waals surface area contributed by atoms with Crippen molar-refractivity contribution in [1.82, 2.24) is 0 Å². The van der Waals surface area contributed by atoms with Gasteiger partial charge in [0.2, 0.25) is 0 Å². The van der Waals surface area contributed by atoms with Crippen LogP contribution in [0, 0.1) is 5.92 Å². The first-order valence-electron chi connectivity index (χ1n) is 5.21. The second kappa shape index (κ2) is 5.98. The van der Waals surface area contributed by atoms with E-state index in [1.807, 2.05) is 0 Å². The van der Waals surface area contributed by atoms with Gasteiger partial charge in [-0.05, 0) is 19.3 Å². The molecule has 1 saturated carbocycles. The summed E-state index contributed by atoms with van der Waals surface area (Å²) >= 11 is 0. The number of rotatable bonds is 5. The zero-order chi connectivity index (χ0) is 10.4. The number of aliphatic hydroxyl groups is 1. The largest absolute Gasteiger partial charge is 0.481 e. The van der Waals surface area contributed by atoms with Crippen LogP contribution in [0.1, 0.15) is 32.1 Å². The second-order valence-electron chi connectivity index (χ2n) is 3.72. The highest BCUT2D eigenvalue weighted by Gasteiger charge is 2.31. The lowest BCUT2D eigenvalue weighted by molar-refractivity contribution is -0.149. The molecule has 0 aromatic rings. The number of hydrogen-bond acceptors (Lipinski definition) is 3. The molecule has 1 aliphatic carbocycles. The highest BCUT2D eigenvalue weighted by Crippen LogP contribution is 2.27. The topological polar surface area (TPSA) is 66.8 Å². The molecule has 0 spiro atoms. The number of carbonyl (C=O) groups is 1. The number of aliphatic carboxylic acids is 1. The maximum atomic E-state index is 10.9. The summed E-state index contributed by atoms with van der Waals surface area (Å²) in [6.45, 7) is 0.565. The SMILES string of the molecule is O=C(O)C1CCCCC1OCCCO. The zero-order valence-electron chi connectivity index (χ0n) is 8.32. The molecule has 0 amide bonds. The Labute approximate surface area is 83.9 Å². The Balaban J connectivity index is 2.34. The summed E-state index contributed by atoms with van der Waals surface area (Å²) < 4.78 is 5.46. The van der Waals surface area contributed by atoms with E-state index >= 15 is 0 Å². The van der Waals surface area contributed by atoms with Crippen molar-refractivity contribution in [3.63, 3.8) is 0 Å². The van der Waals surface area contributed by atoms with Gasteiger partial charge < -0.3 is 14.9 Å². The Hall–Kier alpha value is -0.610. The summed E-state index contributed by atoms with van der Waals surface area (Å²) in [5, 5.41) is 17.5. The summed E-state index contributed by atoms with van der Waals surface area (Å²) in [6, 6.07) is 0. The van der Waals surface area contributed by atoms with E-state index in [-0.39, 0.29) is 18.6 Å². The van der Waals surface area contributed by atoms with Crippen molar-refractivity contribution in [1.29, 1.82) is 0 Å². The Morgan fingerprint density at radius 3 is 2.71 bits per heavy atom.